The summed E-state index contributed by atoms with van der Waals surface area (Å²) in [5.74, 6) is 1.74. The second-order valence-electron chi connectivity index (χ2n) is 10.1. The summed E-state index contributed by atoms with van der Waals surface area (Å²) in [5, 5.41) is 0. The highest BCUT2D eigenvalue weighted by atomic mass is 16.2. The highest BCUT2D eigenvalue weighted by Crippen LogP contribution is 2.82. The van der Waals surface area contributed by atoms with Crippen molar-refractivity contribution >= 4 is 17.3 Å². The first-order chi connectivity index (χ1) is 10.6. The van der Waals surface area contributed by atoms with E-state index >= 15 is 0 Å². The van der Waals surface area contributed by atoms with Gasteiger partial charge < -0.3 is 0 Å². The maximum atomic E-state index is 13.3. The molecule has 6 aliphatic rings. The molecule has 0 aromatic rings. The molecule has 6 saturated carbocycles. The second-order valence-corrected chi connectivity index (χ2v) is 10.1. The van der Waals surface area contributed by atoms with Crippen LogP contribution in [0.3, 0.4) is 0 Å². The number of hydrogen-bond acceptors (Lipinski definition) is 3. The summed E-state index contributed by atoms with van der Waals surface area (Å²) >= 11 is 0. The van der Waals surface area contributed by atoms with Gasteiger partial charge in [0.25, 0.3) is 0 Å². The highest BCUT2D eigenvalue weighted by Gasteiger charge is 2.87. The zero-order chi connectivity index (χ0) is 16.6. The van der Waals surface area contributed by atoms with Crippen LogP contribution in [-0.2, 0) is 14.4 Å². The molecule has 7 atom stereocenters. The fraction of sp³-hybridized carbons (Fsp3) is 0.850. The first kappa shape index (κ1) is 14.4. The summed E-state index contributed by atoms with van der Waals surface area (Å²) in [6.07, 6.45) is 4.07. The Morgan fingerprint density at radius 2 is 1.65 bits per heavy atom. The summed E-state index contributed by atoms with van der Waals surface area (Å²) in [6.45, 7) is 8.51. The summed E-state index contributed by atoms with van der Waals surface area (Å²) in [4.78, 5) is 38.9. The molecule has 1 spiro atoms. The van der Waals surface area contributed by atoms with Gasteiger partial charge in [-0.05, 0) is 48.9 Å². The molecule has 0 radical (unpaired) electrons. The van der Waals surface area contributed by atoms with E-state index in [2.05, 4.69) is 20.8 Å². The van der Waals surface area contributed by atoms with Crippen molar-refractivity contribution < 1.29 is 14.4 Å². The molecule has 0 N–H and O–H groups in total. The van der Waals surface area contributed by atoms with Gasteiger partial charge in [0.15, 0.2) is 11.6 Å². The Bertz CT molecular complexity index is 691. The van der Waals surface area contributed by atoms with Crippen molar-refractivity contribution in [2.24, 2.45) is 45.3 Å². The minimum atomic E-state index is -0.685. The number of hydrogen-bond donors (Lipinski definition) is 0. The van der Waals surface area contributed by atoms with E-state index in [0.29, 0.717) is 30.5 Å². The van der Waals surface area contributed by atoms with Gasteiger partial charge in [0, 0.05) is 23.2 Å². The molecular weight excluding hydrogens is 288 g/mol. The third-order valence-electron chi connectivity index (χ3n) is 9.31. The Balaban J connectivity index is 1.65. The number of carbonyl (C=O) groups excluding carboxylic acids is 3. The van der Waals surface area contributed by atoms with E-state index in [1.54, 1.807) is 0 Å². The normalized spacial score (nSPS) is 58.7. The lowest BCUT2D eigenvalue weighted by Crippen LogP contribution is -2.64. The molecule has 0 aromatic heterocycles. The van der Waals surface area contributed by atoms with Gasteiger partial charge >= 0.3 is 0 Å². The van der Waals surface area contributed by atoms with Crippen LogP contribution in [-0.4, -0.2) is 17.3 Å². The molecule has 6 fully saturated rings. The maximum absolute atomic E-state index is 13.3. The lowest BCUT2D eigenvalue weighted by Gasteiger charge is -2.63. The topological polar surface area (TPSA) is 51.2 Å². The van der Waals surface area contributed by atoms with Gasteiger partial charge in [0.1, 0.15) is 5.78 Å². The Kier molecular flexibility index (Phi) is 2.19. The highest BCUT2D eigenvalue weighted by molar-refractivity contribution is 6.22. The van der Waals surface area contributed by atoms with Crippen molar-refractivity contribution in [2.45, 2.75) is 59.8 Å². The van der Waals surface area contributed by atoms with E-state index in [1.807, 2.05) is 6.92 Å². The van der Waals surface area contributed by atoms with Gasteiger partial charge in [-0.2, -0.15) is 0 Å². The number of ketones is 3. The quantitative estimate of drug-likeness (QED) is 0.645. The molecular formula is C20H26O3. The molecule has 6 rings (SSSR count). The Labute approximate surface area is 137 Å². The molecule has 6 aliphatic carbocycles. The minimum Gasteiger partial charge on any atom is -0.299 e. The van der Waals surface area contributed by atoms with Crippen molar-refractivity contribution in [1.82, 2.24) is 0 Å². The molecule has 124 valence electrons. The van der Waals surface area contributed by atoms with Gasteiger partial charge in [0.05, 0.1) is 5.41 Å². The van der Waals surface area contributed by atoms with Crippen LogP contribution in [0, 0.1) is 45.3 Å². The Hall–Kier alpha value is -0.990. The second kappa shape index (κ2) is 3.50. The molecule has 0 aromatic carbocycles. The van der Waals surface area contributed by atoms with Gasteiger partial charge in [-0.1, -0.05) is 27.7 Å². The van der Waals surface area contributed by atoms with Crippen LogP contribution < -0.4 is 0 Å². The first-order valence-electron chi connectivity index (χ1n) is 9.25. The van der Waals surface area contributed by atoms with Gasteiger partial charge in [-0.25, -0.2) is 0 Å². The molecule has 3 nitrogen and oxygen atoms in total. The predicted octanol–water partition coefficient (Wildman–Crippen LogP) is 3.20. The van der Waals surface area contributed by atoms with Crippen molar-refractivity contribution in [3.8, 4) is 0 Å². The van der Waals surface area contributed by atoms with E-state index in [0.717, 1.165) is 19.3 Å². The third kappa shape index (κ3) is 1.16. The molecule has 0 saturated heterocycles. The van der Waals surface area contributed by atoms with Crippen molar-refractivity contribution in [3.05, 3.63) is 0 Å². The van der Waals surface area contributed by atoms with Crippen LogP contribution in [0.5, 0.6) is 0 Å². The molecule has 0 aliphatic heterocycles. The van der Waals surface area contributed by atoms with Crippen LogP contribution in [0.15, 0.2) is 0 Å². The van der Waals surface area contributed by atoms with Crippen LogP contribution in [0.2, 0.25) is 0 Å². The first-order valence-corrected chi connectivity index (χ1v) is 9.25. The SMILES string of the molecule is CC1(C)C(=O)CC[C@]2(C)[C@@H]1CC[C@@]13C(=O)C4[C@H](C[C@H]12)[C@]4(C)C3=O. The largest absolute Gasteiger partial charge is 0.299 e. The Morgan fingerprint density at radius 1 is 0.957 bits per heavy atom. The minimum absolute atomic E-state index is 0.0319. The lowest BCUT2D eigenvalue weighted by molar-refractivity contribution is -0.181. The predicted molar refractivity (Wildman–Crippen MR) is 84.5 cm³/mol. The van der Waals surface area contributed by atoms with Gasteiger partial charge in [-0.15, -0.1) is 0 Å². The summed E-state index contributed by atoms with van der Waals surface area (Å²) in [5.41, 5.74) is -1.35. The smallest absolute Gasteiger partial charge is 0.153 e. The van der Waals surface area contributed by atoms with E-state index < -0.39 is 5.41 Å². The standard InChI is InChI=1S/C20H26O3/c1-17(2)11-5-8-20-12(18(11,3)7-6-13(17)21)9-10-14(15(20)22)19(10,4)16(20)23/h10-12,14H,5-9H2,1-4H3/t10-,11+,12-,14?,18+,19-,20-/m0/s1. The molecule has 0 heterocycles. The van der Waals surface area contributed by atoms with E-state index in [1.165, 1.54) is 0 Å². The average molecular weight is 314 g/mol. The maximum Gasteiger partial charge on any atom is 0.153 e. The monoisotopic (exact) mass is 314 g/mol. The summed E-state index contributed by atoms with van der Waals surface area (Å²) < 4.78 is 0. The van der Waals surface area contributed by atoms with Crippen molar-refractivity contribution in [3.63, 3.8) is 0 Å². The zero-order valence-electron chi connectivity index (χ0n) is 14.6. The van der Waals surface area contributed by atoms with Crippen LogP contribution in [0.4, 0.5) is 0 Å². The summed E-state index contributed by atoms with van der Waals surface area (Å²) in [7, 11) is 0. The van der Waals surface area contributed by atoms with Crippen LogP contribution >= 0.6 is 0 Å². The number of rotatable bonds is 0. The van der Waals surface area contributed by atoms with E-state index in [9.17, 15) is 14.4 Å². The average Bonchev–Trinajstić information content (AvgIpc) is 3.07. The number of fused-ring (bicyclic) bond motifs is 1. The Morgan fingerprint density at radius 3 is 2.26 bits per heavy atom. The van der Waals surface area contributed by atoms with Crippen LogP contribution in [0.1, 0.15) is 59.8 Å². The zero-order valence-corrected chi connectivity index (χ0v) is 14.6. The fourth-order valence-electron chi connectivity index (χ4n) is 8.02. The summed E-state index contributed by atoms with van der Waals surface area (Å²) in [6, 6.07) is 0. The van der Waals surface area contributed by atoms with Gasteiger partial charge in [-0.3, -0.25) is 14.4 Å². The van der Waals surface area contributed by atoms with Crippen molar-refractivity contribution in [1.29, 1.82) is 0 Å². The molecule has 0 amide bonds. The lowest BCUT2D eigenvalue weighted by atomic mass is 9.39. The number of Topliss-reactive ketones (excluding diaryl/α,β-unsaturated/α-hetero) is 3. The molecule has 4 bridgehead atoms. The third-order valence-corrected chi connectivity index (χ3v) is 9.31. The molecule has 23 heavy (non-hydrogen) atoms. The van der Waals surface area contributed by atoms with Gasteiger partial charge in [0.2, 0.25) is 0 Å². The van der Waals surface area contributed by atoms with E-state index in [-0.39, 0.29) is 39.6 Å². The molecule has 1 unspecified atom stereocenters. The van der Waals surface area contributed by atoms with Crippen LogP contribution in [0.25, 0.3) is 0 Å². The number of carbonyl (C=O) groups is 3. The van der Waals surface area contributed by atoms with E-state index in [4.69, 9.17) is 0 Å². The molecule has 3 heteroatoms. The van der Waals surface area contributed by atoms with Crippen molar-refractivity contribution in [2.75, 3.05) is 0 Å². The fourth-order valence-corrected chi connectivity index (χ4v) is 8.02.